The predicted molar refractivity (Wildman–Crippen MR) is 286 cm³/mol. The number of halogens is 7. The first-order chi connectivity index (χ1) is 36.3. The van der Waals surface area contributed by atoms with E-state index in [0.717, 1.165) is 17.0 Å². The third-order valence-electron chi connectivity index (χ3n) is 13.4. The van der Waals surface area contributed by atoms with Crippen molar-refractivity contribution >= 4 is 85.3 Å². The van der Waals surface area contributed by atoms with Crippen molar-refractivity contribution in [2.24, 2.45) is 0 Å². The van der Waals surface area contributed by atoms with Gasteiger partial charge in [-0.1, -0.05) is 68.4 Å². The Morgan fingerprint density at radius 2 is 1.50 bits per heavy atom. The standard InChI is InChI=1S/C27H26ClF4N5O3.C24H23ClFN7O.C2H6/c1-3-20(39)37-8-7-36(12-15(37)2)25-16-11-17(28)21(22-18(29)5-4-6-19(22)38)23(30)24(16)33-26(34-25)40-10-9-35-13-27(31,32)14-35;1-4-17(34)32-7-8-33(13(3)11-32)23-15-9-16(25)19(20(26)22(15)29-24(27)30-23)18-12(2)5-6-14-10-28-31-21(14)18;1-2/h3-6,11,15,38H,1,7-10,12-14H2,2H3;4-6,9-10,13H,1,7-8,11H2,2-3H3,(H,28,31)(H2,27,29,30);1-2H3/t15-;13-;/m11./s1. The Morgan fingerprint density at radius 1 is 0.842 bits per heavy atom. The van der Waals surface area contributed by atoms with Crippen LogP contribution in [-0.4, -0.2) is 145 Å². The van der Waals surface area contributed by atoms with Crippen LogP contribution in [-0.2, 0) is 9.59 Å². The largest absolute Gasteiger partial charge is 0.507 e. The van der Waals surface area contributed by atoms with E-state index in [0.29, 0.717) is 61.6 Å². The van der Waals surface area contributed by atoms with Crippen LogP contribution in [0.25, 0.3) is 55.0 Å². The number of phenolic OH excluding ortho intramolecular Hbond substituents is 1. The molecule has 10 rings (SSSR count). The minimum Gasteiger partial charge on any atom is -0.507 e. The van der Waals surface area contributed by atoms with Gasteiger partial charge in [-0.25, -0.2) is 26.9 Å². The number of rotatable bonds is 10. The van der Waals surface area contributed by atoms with Gasteiger partial charge in [0.2, 0.25) is 17.8 Å². The lowest BCUT2D eigenvalue weighted by atomic mass is 9.96. The molecule has 3 aromatic heterocycles. The third-order valence-corrected chi connectivity index (χ3v) is 14.0. The molecule has 0 bridgehead atoms. The summed E-state index contributed by atoms with van der Waals surface area (Å²) in [6.07, 6.45) is 4.22. The number of aromatic nitrogens is 6. The van der Waals surface area contributed by atoms with Crippen molar-refractivity contribution in [3.8, 4) is 34.0 Å². The van der Waals surface area contributed by atoms with E-state index in [9.17, 15) is 27.9 Å². The number of nitrogens with zero attached hydrogens (tertiary/aromatic N) is 10. The molecular weight excluding hydrogens is 1030 g/mol. The zero-order valence-corrected chi connectivity index (χ0v) is 43.8. The number of nitrogen functional groups attached to an aromatic ring is 1. The molecule has 6 heterocycles. The van der Waals surface area contributed by atoms with E-state index < -0.39 is 34.7 Å². The van der Waals surface area contributed by atoms with Gasteiger partial charge in [-0.2, -0.15) is 20.1 Å². The topological polar surface area (TPSA) is 186 Å². The molecule has 3 aliphatic rings. The number of phenols is 1. The molecule has 4 aromatic carbocycles. The minimum atomic E-state index is -2.73. The van der Waals surface area contributed by atoms with E-state index in [4.69, 9.17) is 33.7 Å². The lowest BCUT2D eigenvalue weighted by Gasteiger charge is -2.40. The summed E-state index contributed by atoms with van der Waals surface area (Å²) in [7, 11) is 0. The summed E-state index contributed by atoms with van der Waals surface area (Å²) in [5.74, 6) is -5.29. The number of piperazine rings is 2. The highest BCUT2D eigenvalue weighted by Gasteiger charge is 2.43. The van der Waals surface area contributed by atoms with Gasteiger partial charge in [0, 0.05) is 90.7 Å². The van der Waals surface area contributed by atoms with Crippen LogP contribution in [0.2, 0.25) is 10.0 Å². The van der Waals surface area contributed by atoms with Crippen molar-refractivity contribution in [3.63, 3.8) is 0 Å². The van der Waals surface area contributed by atoms with Gasteiger partial charge in [0.05, 0.1) is 40.4 Å². The number of anilines is 3. The van der Waals surface area contributed by atoms with Crippen molar-refractivity contribution < 1.29 is 41.4 Å². The molecule has 16 nitrogen and oxygen atoms in total. The molecule has 0 spiro atoms. The van der Waals surface area contributed by atoms with E-state index in [1.54, 1.807) is 22.1 Å². The quantitative estimate of drug-likeness (QED) is 0.0870. The van der Waals surface area contributed by atoms with Crippen molar-refractivity contribution in [2.45, 2.75) is 52.6 Å². The number of aromatic amines is 1. The number of alkyl halides is 2. The number of aryl methyl sites for hydroxylation is 1. The van der Waals surface area contributed by atoms with Crippen molar-refractivity contribution in [2.75, 3.05) is 81.0 Å². The van der Waals surface area contributed by atoms with Crippen LogP contribution in [0.5, 0.6) is 11.8 Å². The average Bonchev–Trinajstić information content (AvgIpc) is 3.90. The maximum atomic E-state index is 16.1. The highest BCUT2D eigenvalue weighted by Crippen LogP contribution is 2.44. The summed E-state index contributed by atoms with van der Waals surface area (Å²) in [5, 5.41) is 18.9. The van der Waals surface area contributed by atoms with Gasteiger partial charge >= 0.3 is 6.01 Å². The van der Waals surface area contributed by atoms with Gasteiger partial charge in [-0.15, -0.1) is 0 Å². The molecule has 76 heavy (non-hydrogen) atoms. The van der Waals surface area contributed by atoms with Gasteiger partial charge in [-0.05, 0) is 62.8 Å². The van der Waals surface area contributed by atoms with Crippen molar-refractivity contribution in [1.82, 2.24) is 44.8 Å². The Balaban J connectivity index is 0.000000197. The van der Waals surface area contributed by atoms with Crippen LogP contribution in [0.3, 0.4) is 0 Å². The molecule has 2 atom stereocenters. The molecule has 23 heteroatoms. The number of benzene rings is 4. The van der Waals surface area contributed by atoms with E-state index in [1.807, 2.05) is 56.6 Å². The number of likely N-dealkylation sites (tertiary alicyclic amines) is 1. The molecule has 400 valence electrons. The number of aromatic hydroxyl groups is 1. The van der Waals surface area contributed by atoms with E-state index in [2.05, 4.69) is 43.3 Å². The molecule has 3 saturated heterocycles. The van der Waals surface area contributed by atoms with E-state index >= 15 is 8.78 Å². The molecule has 0 unspecified atom stereocenters. The highest BCUT2D eigenvalue weighted by molar-refractivity contribution is 6.35. The maximum absolute atomic E-state index is 16.1. The molecule has 4 N–H and O–H groups in total. The number of H-pyrrole nitrogens is 1. The van der Waals surface area contributed by atoms with Crippen LogP contribution in [0.1, 0.15) is 33.3 Å². The van der Waals surface area contributed by atoms with Gasteiger partial charge in [0.1, 0.15) is 40.8 Å². The second-order valence-corrected chi connectivity index (χ2v) is 19.1. The fourth-order valence-electron chi connectivity index (χ4n) is 9.77. The average molecular weight is 1090 g/mol. The van der Waals surface area contributed by atoms with Gasteiger partial charge in [0.25, 0.3) is 5.92 Å². The van der Waals surface area contributed by atoms with Gasteiger partial charge in [-0.3, -0.25) is 19.6 Å². The number of carbonyl (C=O) groups excluding carboxylic acids is 2. The van der Waals surface area contributed by atoms with Gasteiger partial charge < -0.3 is 35.2 Å². The fourth-order valence-corrected chi connectivity index (χ4v) is 10.3. The number of nitrogens with two attached hydrogens (primary N) is 1. The van der Waals surface area contributed by atoms with Crippen molar-refractivity contribution in [1.29, 1.82) is 0 Å². The Hall–Kier alpha value is -7.36. The lowest BCUT2D eigenvalue weighted by Crippen LogP contribution is -2.57. The second-order valence-electron chi connectivity index (χ2n) is 18.3. The number of fused-ring (bicyclic) bond motifs is 3. The number of amides is 2. The van der Waals surface area contributed by atoms with E-state index in [-0.39, 0.29) is 106 Å². The number of carbonyl (C=O) groups is 2. The molecule has 7 aromatic rings. The lowest BCUT2D eigenvalue weighted by molar-refractivity contribution is -0.132. The zero-order valence-electron chi connectivity index (χ0n) is 42.3. The molecule has 0 aliphatic carbocycles. The van der Waals surface area contributed by atoms with Crippen LogP contribution >= 0.6 is 23.2 Å². The van der Waals surface area contributed by atoms with Crippen LogP contribution < -0.4 is 20.3 Å². The summed E-state index contributed by atoms with van der Waals surface area (Å²) < 4.78 is 79.0. The summed E-state index contributed by atoms with van der Waals surface area (Å²) in [6, 6.07) is 9.93. The van der Waals surface area contributed by atoms with Crippen LogP contribution in [0.4, 0.5) is 39.5 Å². The molecule has 0 radical (unpaired) electrons. The Morgan fingerprint density at radius 3 is 2.13 bits per heavy atom. The Labute approximate surface area is 444 Å². The highest BCUT2D eigenvalue weighted by atomic mass is 35.5. The first kappa shape index (κ1) is 54.9. The summed E-state index contributed by atoms with van der Waals surface area (Å²) >= 11 is 13.2. The summed E-state index contributed by atoms with van der Waals surface area (Å²) in [4.78, 5) is 50.4. The molecule has 2 amide bonds. The second kappa shape index (κ2) is 22.5. The fraction of sp³-hybridized carbons (Fsp3) is 0.340. The zero-order chi connectivity index (χ0) is 54.9. The number of hydrogen-bond acceptors (Lipinski definition) is 13. The smallest absolute Gasteiger partial charge is 0.319 e. The first-order valence-electron chi connectivity index (χ1n) is 24.4. The normalized spacial score (nSPS) is 17.4. The summed E-state index contributed by atoms with van der Waals surface area (Å²) in [6.45, 7) is 18.7. The van der Waals surface area contributed by atoms with Crippen LogP contribution in [0, 0.1) is 24.4 Å². The third kappa shape index (κ3) is 10.7. The van der Waals surface area contributed by atoms with Gasteiger partial charge in [0.15, 0.2) is 11.6 Å². The number of hydrogen-bond donors (Lipinski definition) is 3. The Kier molecular flexibility index (Phi) is 16.2. The van der Waals surface area contributed by atoms with E-state index in [1.165, 1.54) is 35.3 Å². The first-order valence-corrected chi connectivity index (χ1v) is 25.2. The molecular formula is C53H55Cl2F5N12O4. The number of ether oxygens (including phenoxy) is 1. The molecule has 0 saturated carbocycles. The monoisotopic (exact) mass is 1090 g/mol. The molecule has 3 aliphatic heterocycles. The minimum absolute atomic E-state index is 0.0325. The van der Waals surface area contributed by atoms with Crippen molar-refractivity contribution in [3.05, 3.63) is 107 Å². The SMILES string of the molecule is C=CC(=O)N1CCN(c2nc(N)nc3c(F)c(-c4c(C)ccc5cn[nH]c45)c(Cl)cc23)[C@H](C)C1.C=CC(=O)N1CCN(c2nc(OCCN3CC(F)(F)C3)nc3c(F)c(-c4c(O)cccc4F)c(Cl)cc23)C[C@H]1C.CC. The summed E-state index contributed by atoms with van der Waals surface area (Å²) in [5.41, 5.74) is 7.50. The Bertz CT molecular complexity index is 3370. The molecule has 3 fully saturated rings. The predicted octanol–water partition coefficient (Wildman–Crippen LogP) is 9.59. The maximum Gasteiger partial charge on any atom is 0.319 e. The van der Waals surface area contributed by atoms with Crippen LogP contribution in [0.15, 0.2) is 74.0 Å². The number of nitrogens with one attached hydrogen (secondary N) is 1.